The minimum Gasteiger partial charge on any atom is -0.497 e. The van der Waals surface area contributed by atoms with Gasteiger partial charge in [-0.25, -0.2) is 16.8 Å². The smallest absolute Gasteiger partial charge is 0.261 e. The number of hydrogen-bond donors (Lipinski definition) is 2. The van der Waals surface area contributed by atoms with E-state index >= 15 is 0 Å². The predicted octanol–water partition coefficient (Wildman–Crippen LogP) is 3.60. The number of anilines is 2. The summed E-state index contributed by atoms with van der Waals surface area (Å²) in [6.07, 6.45) is 1.15. The van der Waals surface area contributed by atoms with E-state index in [1.54, 1.807) is 41.8 Å². The number of benzene rings is 2. The van der Waals surface area contributed by atoms with Gasteiger partial charge in [-0.05, 0) is 72.8 Å². The molecule has 1 saturated heterocycles. The van der Waals surface area contributed by atoms with Gasteiger partial charge in [-0.2, -0.15) is 4.31 Å². The van der Waals surface area contributed by atoms with Gasteiger partial charge in [0.15, 0.2) is 0 Å². The Morgan fingerprint density at radius 2 is 1.69 bits per heavy atom. The molecule has 0 bridgehead atoms. The van der Waals surface area contributed by atoms with Crippen LogP contribution in [0.15, 0.2) is 75.1 Å². The van der Waals surface area contributed by atoms with Crippen molar-refractivity contribution in [1.29, 1.82) is 0 Å². The first-order valence-electron chi connectivity index (χ1n) is 10.8. The van der Waals surface area contributed by atoms with Crippen molar-refractivity contribution in [3.63, 3.8) is 0 Å². The maximum Gasteiger partial charge on any atom is 0.261 e. The Balaban J connectivity index is 1.39. The van der Waals surface area contributed by atoms with Crippen LogP contribution in [0.2, 0.25) is 0 Å². The molecule has 3 aromatic rings. The Morgan fingerprint density at radius 1 is 1.00 bits per heavy atom. The fraction of sp³-hybridized carbons (Fsp3) is 0.261. The molecule has 0 unspecified atom stereocenters. The quantitative estimate of drug-likeness (QED) is 0.455. The van der Waals surface area contributed by atoms with Crippen LogP contribution in [0.1, 0.15) is 12.8 Å². The second-order valence-electron chi connectivity index (χ2n) is 7.98. The second-order valence-corrected chi connectivity index (χ2v) is 12.8. The highest BCUT2D eigenvalue weighted by Gasteiger charge is 2.33. The number of thiophene rings is 1. The van der Waals surface area contributed by atoms with Crippen molar-refractivity contribution >= 4 is 48.7 Å². The number of nitrogens with zero attached hydrogens (tertiary/aromatic N) is 1. The van der Waals surface area contributed by atoms with E-state index in [0.717, 1.165) is 11.3 Å². The van der Waals surface area contributed by atoms with E-state index in [1.807, 2.05) is 0 Å². The molecule has 2 N–H and O–H groups in total. The lowest BCUT2D eigenvalue weighted by Crippen LogP contribution is -2.43. The van der Waals surface area contributed by atoms with Gasteiger partial charge in [0, 0.05) is 24.5 Å². The number of nitrogens with one attached hydrogen (secondary N) is 2. The summed E-state index contributed by atoms with van der Waals surface area (Å²) < 4.78 is 60.1. The summed E-state index contributed by atoms with van der Waals surface area (Å²) in [5.74, 6) is -0.195. The van der Waals surface area contributed by atoms with Crippen molar-refractivity contribution in [1.82, 2.24) is 4.31 Å². The average molecular weight is 536 g/mol. The standard InChI is InChI=1S/C23H25N3O6S3/c1-32-20-10-6-19(7-11-20)25-34(28,29)21-12-8-18(9-13-21)24-23(27)17-4-2-14-26(16-17)35(30,31)22-5-3-15-33-22/h3,5-13,15,17,25H,2,4,14,16H2,1H3,(H,24,27)/t17-/m1/s1. The lowest BCUT2D eigenvalue weighted by atomic mass is 9.99. The number of carbonyl (C=O) groups is 1. The van der Waals surface area contributed by atoms with Crippen LogP contribution >= 0.6 is 11.3 Å². The van der Waals surface area contributed by atoms with Gasteiger partial charge in [-0.3, -0.25) is 9.52 Å². The Bertz CT molecular complexity index is 1370. The van der Waals surface area contributed by atoms with Crippen molar-refractivity contribution in [3.8, 4) is 5.75 Å². The monoisotopic (exact) mass is 535 g/mol. The average Bonchev–Trinajstić information content (AvgIpc) is 3.41. The van der Waals surface area contributed by atoms with Crippen LogP contribution in [-0.4, -0.2) is 47.2 Å². The minimum absolute atomic E-state index is 0.0391. The number of carbonyl (C=O) groups excluding carboxylic acids is 1. The molecule has 0 radical (unpaired) electrons. The zero-order valence-electron chi connectivity index (χ0n) is 18.9. The summed E-state index contributed by atoms with van der Waals surface area (Å²) in [5, 5.41) is 4.48. The molecular weight excluding hydrogens is 510 g/mol. The molecule has 1 fully saturated rings. The zero-order chi connectivity index (χ0) is 25.1. The zero-order valence-corrected chi connectivity index (χ0v) is 21.3. The van der Waals surface area contributed by atoms with E-state index in [9.17, 15) is 21.6 Å². The highest BCUT2D eigenvalue weighted by molar-refractivity contribution is 7.92. The van der Waals surface area contributed by atoms with Gasteiger partial charge in [0.05, 0.1) is 17.9 Å². The summed E-state index contributed by atoms with van der Waals surface area (Å²) in [5.41, 5.74) is 0.819. The summed E-state index contributed by atoms with van der Waals surface area (Å²) in [7, 11) is -5.91. The van der Waals surface area contributed by atoms with E-state index in [0.29, 0.717) is 36.5 Å². The number of sulfonamides is 2. The molecule has 1 aliphatic rings. The molecule has 1 amide bonds. The molecule has 1 aliphatic heterocycles. The van der Waals surface area contributed by atoms with Gasteiger partial charge in [-0.1, -0.05) is 6.07 Å². The van der Waals surface area contributed by atoms with Gasteiger partial charge in [0.1, 0.15) is 9.96 Å². The van der Waals surface area contributed by atoms with Crippen molar-refractivity contribution in [3.05, 3.63) is 66.0 Å². The largest absolute Gasteiger partial charge is 0.497 e. The van der Waals surface area contributed by atoms with Gasteiger partial charge in [0.2, 0.25) is 5.91 Å². The lowest BCUT2D eigenvalue weighted by molar-refractivity contribution is -0.120. The van der Waals surface area contributed by atoms with E-state index in [4.69, 9.17) is 4.74 Å². The van der Waals surface area contributed by atoms with Crippen molar-refractivity contribution < 1.29 is 26.4 Å². The minimum atomic E-state index is -3.82. The molecule has 2 heterocycles. The number of methoxy groups -OCH3 is 1. The summed E-state index contributed by atoms with van der Waals surface area (Å²) in [6, 6.07) is 15.5. The summed E-state index contributed by atoms with van der Waals surface area (Å²) in [6.45, 7) is 0.474. The Labute approximate surface area is 208 Å². The molecular formula is C23H25N3O6S3. The topological polar surface area (TPSA) is 122 Å². The van der Waals surface area contributed by atoms with Crippen LogP contribution in [0, 0.1) is 5.92 Å². The van der Waals surface area contributed by atoms with Crippen LogP contribution in [0.25, 0.3) is 0 Å². The molecule has 0 spiro atoms. The van der Waals surface area contributed by atoms with E-state index in [-0.39, 0.29) is 21.6 Å². The predicted molar refractivity (Wildman–Crippen MR) is 135 cm³/mol. The van der Waals surface area contributed by atoms with Crippen LogP contribution in [-0.2, 0) is 24.8 Å². The third kappa shape index (κ3) is 5.84. The Morgan fingerprint density at radius 3 is 2.31 bits per heavy atom. The molecule has 0 saturated carbocycles. The first-order valence-corrected chi connectivity index (χ1v) is 14.6. The number of piperidine rings is 1. The third-order valence-electron chi connectivity index (χ3n) is 5.62. The van der Waals surface area contributed by atoms with Crippen LogP contribution < -0.4 is 14.8 Å². The molecule has 2 aromatic carbocycles. The lowest BCUT2D eigenvalue weighted by Gasteiger charge is -2.30. The van der Waals surface area contributed by atoms with Gasteiger partial charge in [-0.15, -0.1) is 11.3 Å². The fourth-order valence-corrected chi connectivity index (χ4v) is 7.47. The van der Waals surface area contributed by atoms with Crippen LogP contribution in [0.3, 0.4) is 0 Å². The molecule has 1 atom stereocenters. The number of rotatable bonds is 8. The molecule has 1 aromatic heterocycles. The number of amides is 1. The van der Waals surface area contributed by atoms with Gasteiger partial charge >= 0.3 is 0 Å². The van der Waals surface area contributed by atoms with E-state index < -0.39 is 26.0 Å². The SMILES string of the molecule is COc1ccc(NS(=O)(=O)c2ccc(NC(=O)[C@@H]3CCCN(S(=O)(=O)c4cccs4)C3)cc2)cc1. The maximum absolute atomic E-state index is 12.8. The second kappa shape index (κ2) is 10.4. The fourth-order valence-electron chi connectivity index (χ4n) is 3.75. The molecule has 4 rings (SSSR count). The highest BCUT2D eigenvalue weighted by Crippen LogP contribution is 2.27. The summed E-state index contributed by atoms with van der Waals surface area (Å²) in [4.78, 5) is 12.9. The number of hydrogen-bond acceptors (Lipinski definition) is 7. The Kier molecular flexibility index (Phi) is 7.45. The van der Waals surface area contributed by atoms with Crippen LogP contribution in [0.4, 0.5) is 11.4 Å². The number of ether oxygens (including phenoxy) is 1. The maximum atomic E-state index is 12.8. The molecule has 186 valence electrons. The first-order chi connectivity index (χ1) is 16.7. The van der Waals surface area contributed by atoms with E-state index in [2.05, 4.69) is 10.0 Å². The van der Waals surface area contributed by atoms with Gasteiger partial charge in [0.25, 0.3) is 20.0 Å². The molecule has 12 heteroatoms. The third-order valence-corrected chi connectivity index (χ3v) is 10.3. The first kappa shape index (κ1) is 25.2. The summed E-state index contributed by atoms with van der Waals surface area (Å²) >= 11 is 1.15. The molecule has 35 heavy (non-hydrogen) atoms. The van der Waals surface area contributed by atoms with Crippen molar-refractivity contribution in [2.24, 2.45) is 5.92 Å². The van der Waals surface area contributed by atoms with E-state index in [1.165, 1.54) is 35.7 Å². The Hall–Kier alpha value is -2.93. The molecule has 0 aliphatic carbocycles. The van der Waals surface area contributed by atoms with Crippen LogP contribution in [0.5, 0.6) is 5.75 Å². The van der Waals surface area contributed by atoms with Crippen molar-refractivity contribution in [2.75, 3.05) is 30.2 Å². The normalized spacial score (nSPS) is 17.0. The van der Waals surface area contributed by atoms with Gasteiger partial charge < -0.3 is 10.1 Å². The molecule has 9 nitrogen and oxygen atoms in total. The highest BCUT2D eigenvalue weighted by atomic mass is 32.2. The van der Waals surface area contributed by atoms with Crippen molar-refractivity contribution in [2.45, 2.75) is 21.9 Å².